The fourth-order valence-electron chi connectivity index (χ4n) is 5.04. The molecule has 0 aromatic rings. The lowest BCUT2D eigenvalue weighted by molar-refractivity contribution is -0.0765. The monoisotopic (exact) mass is 265 g/mol. The second kappa shape index (κ2) is 5.73. The first-order valence-electron chi connectivity index (χ1n) is 8.58. The minimum absolute atomic E-state index is 0.308. The van der Waals surface area contributed by atoms with E-state index in [0.29, 0.717) is 17.1 Å². The predicted molar refractivity (Wildman–Crippen MR) is 79.4 cm³/mol. The zero-order chi connectivity index (χ0) is 13.2. The molecule has 2 saturated carbocycles. The van der Waals surface area contributed by atoms with Gasteiger partial charge in [0.15, 0.2) is 0 Å². The summed E-state index contributed by atoms with van der Waals surface area (Å²) in [6.07, 6.45) is 17.1. The van der Waals surface area contributed by atoms with Crippen molar-refractivity contribution in [1.29, 1.82) is 0 Å². The van der Waals surface area contributed by atoms with Crippen molar-refractivity contribution < 1.29 is 4.74 Å². The summed E-state index contributed by atoms with van der Waals surface area (Å²) in [5.74, 6) is 0. The van der Waals surface area contributed by atoms with E-state index in [1.54, 1.807) is 0 Å². The highest BCUT2D eigenvalue weighted by Crippen LogP contribution is 2.48. The summed E-state index contributed by atoms with van der Waals surface area (Å²) in [5, 5.41) is 3.44. The predicted octanol–water partition coefficient (Wildman–Crippen LogP) is 4.04. The molecule has 1 spiro atoms. The van der Waals surface area contributed by atoms with Crippen molar-refractivity contribution in [3.8, 4) is 0 Å². The second-order valence-corrected chi connectivity index (χ2v) is 7.46. The fraction of sp³-hybridized carbons (Fsp3) is 1.00. The molecule has 2 heteroatoms. The molecule has 0 radical (unpaired) electrons. The third-order valence-electron chi connectivity index (χ3n) is 5.98. The maximum Gasteiger partial charge on any atom is 0.0687 e. The van der Waals surface area contributed by atoms with Gasteiger partial charge < -0.3 is 10.1 Å². The molecule has 0 aromatic carbocycles. The van der Waals surface area contributed by atoms with E-state index in [1.807, 2.05) is 0 Å². The zero-order valence-corrected chi connectivity index (χ0v) is 12.7. The van der Waals surface area contributed by atoms with Crippen LogP contribution in [-0.4, -0.2) is 25.3 Å². The molecule has 3 fully saturated rings. The lowest BCUT2D eigenvalue weighted by Crippen LogP contribution is -2.36. The van der Waals surface area contributed by atoms with Gasteiger partial charge in [-0.3, -0.25) is 0 Å². The van der Waals surface area contributed by atoms with Gasteiger partial charge in [0.05, 0.1) is 11.7 Å². The molecular weight excluding hydrogens is 234 g/mol. The van der Waals surface area contributed by atoms with Gasteiger partial charge in [-0.15, -0.1) is 0 Å². The molecule has 1 unspecified atom stereocenters. The van der Waals surface area contributed by atoms with E-state index in [9.17, 15) is 0 Å². The normalized spacial score (nSPS) is 33.0. The van der Waals surface area contributed by atoms with Crippen LogP contribution in [0.3, 0.4) is 0 Å². The van der Waals surface area contributed by atoms with Gasteiger partial charge in [-0.1, -0.05) is 32.1 Å². The summed E-state index contributed by atoms with van der Waals surface area (Å²) in [4.78, 5) is 0. The number of hydrogen-bond donors (Lipinski definition) is 1. The van der Waals surface area contributed by atoms with E-state index < -0.39 is 0 Å². The van der Waals surface area contributed by atoms with E-state index >= 15 is 0 Å². The van der Waals surface area contributed by atoms with Crippen LogP contribution in [0.5, 0.6) is 0 Å². The van der Waals surface area contributed by atoms with Gasteiger partial charge in [-0.2, -0.15) is 0 Å². The molecular formula is C17H31NO. The van der Waals surface area contributed by atoms with Gasteiger partial charge in [-0.05, 0) is 57.4 Å². The van der Waals surface area contributed by atoms with Crippen molar-refractivity contribution >= 4 is 0 Å². The Kier molecular flexibility index (Phi) is 4.19. The Labute approximate surface area is 118 Å². The van der Waals surface area contributed by atoms with Crippen LogP contribution < -0.4 is 5.32 Å². The summed E-state index contributed by atoms with van der Waals surface area (Å²) < 4.78 is 6.60. The quantitative estimate of drug-likeness (QED) is 0.828. The van der Waals surface area contributed by atoms with Gasteiger partial charge in [0.2, 0.25) is 0 Å². The molecule has 3 aliphatic rings. The average Bonchev–Trinajstić information content (AvgIpc) is 3.00. The van der Waals surface area contributed by atoms with E-state index in [4.69, 9.17) is 4.74 Å². The topological polar surface area (TPSA) is 21.3 Å². The van der Waals surface area contributed by atoms with Crippen LogP contribution in [-0.2, 0) is 4.74 Å². The maximum absolute atomic E-state index is 6.60. The lowest BCUT2D eigenvalue weighted by Gasteiger charge is -2.36. The Hall–Kier alpha value is -0.0800. The smallest absolute Gasteiger partial charge is 0.0687 e. The van der Waals surface area contributed by atoms with Gasteiger partial charge in [-0.25, -0.2) is 0 Å². The molecule has 1 atom stereocenters. The molecule has 1 heterocycles. The highest BCUT2D eigenvalue weighted by atomic mass is 16.5. The fourth-order valence-corrected chi connectivity index (χ4v) is 5.04. The van der Waals surface area contributed by atoms with Crippen molar-refractivity contribution in [3.05, 3.63) is 0 Å². The first-order valence-corrected chi connectivity index (χ1v) is 8.58. The van der Waals surface area contributed by atoms with Crippen LogP contribution >= 0.6 is 0 Å². The van der Waals surface area contributed by atoms with Crippen molar-refractivity contribution in [3.63, 3.8) is 0 Å². The highest BCUT2D eigenvalue weighted by Gasteiger charge is 2.44. The molecule has 1 N–H and O–H groups in total. The molecule has 3 rings (SSSR count). The molecule has 2 aliphatic carbocycles. The SMILES string of the molecule is CNCC1(CC2CCC3(CCCCC3)O2)CCCC1. The Morgan fingerprint density at radius 1 is 0.947 bits per heavy atom. The Balaban J connectivity index is 1.58. The van der Waals surface area contributed by atoms with Crippen LogP contribution in [0.15, 0.2) is 0 Å². The van der Waals surface area contributed by atoms with Gasteiger partial charge >= 0.3 is 0 Å². The third-order valence-corrected chi connectivity index (χ3v) is 5.98. The van der Waals surface area contributed by atoms with E-state index in [1.165, 1.54) is 83.6 Å². The van der Waals surface area contributed by atoms with E-state index in [-0.39, 0.29) is 0 Å². The zero-order valence-electron chi connectivity index (χ0n) is 12.7. The van der Waals surface area contributed by atoms with Crippen LogP contribution in [0.1, 0.15) is 77.0 Å². The summed E-state index contributed by atoms with van der Waals surface area (Å²) >= 11 is 0. The molecule has 110 valence electrons. The lowest BCUT2D eigenvalue weighted by atomic mass is 9.79. The van der Waals surface area contributed by atoms with Gasteiger partial charge in [0, 0.05) is 6.54 Å². The number of ether oxygens (including phenoxy) is 1. The van der Waals surface area contributed by atoms with Gasteiger partial charge in [0.25, 0.3) is 0 Å². The first-order chi connectivity index (χ1) is 9.26. The van der Waals surface area contributed by atoms with E-state index in [0.717, 1.165) is 0 Å². The van der Waals surface area contributed by atoms with E-state index in [2.05, 4.69) is 12.4 Å². The number of rotatable bonds is 4. The molecule has 2 nitrogen and oxygen atoms in total. The summed E-state index contributed by atoms with van der Waals surface area (Å²) in [6, 6.07) is 0. The Morgan fingerprint density at radius 2 is 1.63 bits per heavy atom. The minimum Gasteiger partial charge on any atom is -0.372 e. The third kappa shape index (κ3) is 3.00. The van der Waals surface area contributed by atoms with Crippen molar-refractivity contribution in [1.82, 2.24) is 5.32 Å². The van der Waals surface area contributed by atoms with Crippen LogP contribution in [0, 0.1) is 5.41 Å². The Bertz CT molecular complexity index is 290. The average molecular weight is 265 g/mol. The molecule has 0 aromatic heterocycles. The van der Waals surface area contributed by atoms with Gasteiger partial charge in [0.1, 0.15) is 0 Å². The Morgan fingerprint density at radius 3 is 2.32 bits per heavy atom. The van der Waals surface area contributed by atoms with Crippen molar-refractivity contribution in [2.45, 2.75) is 88.8 Å². The molecule has 19 heavy (non-hydrogen) atoms. The van der Waals surface area contributed by atoms with Crippen LogP contribution in [0.25, 0.3) is 0 Å². The molecule has 1 aliphatic heterocycles. The maximum atomic E-state index is 6.60. The van der Waals surface area contributed by atoms with Crippen LogP contribution in [0.2, 0.25) is 0 Å². The largest absolute Gasteiger partial charge is 0.372 e. The first kappa shape index (κ1) is 13.9. The summed E-state index contributed by atoms with van der Waals surface area (Å²) in [5.41, 5.74) is 0.863. The molecule has 1 saturated heterocycles. The minimum atomic E-state index is 0.308. The molecule has 0 amide bonds. The van der Waals surface area contributed by atoms with Crippen molar-refractivity contribution in [2.75, 3.05) is 13.6 Å². The molecule has 0 bridgehead atoms. The number of nitrogens with one attached hydrogen (secondary N) is 1. The number of hydrogen-bond acceptors (Lipinski definition) is 2. The van der Waals surface area contributed by atoms with Crippen molar-refractivity contribution in [2.24, 2.45) is 5.41 Å². The summed E-state index contributed by atoms with van der Waals surface area (Å²) in [6.45, 7) is 1.19. The standard InChI is InChI=1S/C17H31NO/c1-18-14-16(8-5-6-9-16)13-15-7-12-17(19-15)10-3-2-4-11-17/h15,18H,2-14H2,1H3. The highest BCUT2D eigenvalue weighted by molar-refractivity contribution is 4.95. The van der Waals surface area contributed by atoms with Crippen LogP contribution in [0.4, 0.5) is 0 Å². The second-order valence-electron chi connectivity index (χ2n) is 7.46. The summed E-state index contributed by atoms with van der Waals surface area (Å²) in [7, 11) is 2.11.